The molecule has 8 heteroatoms. The van der Waals surface area contributed by atoms with Gasteiger partial charge in [0.2, 0.25) is 0 Å². The van der Waals surface area contributed by atoms with Gasteiger partial charge in [-0.05, 0) is 13.8 Å². The van der Waals surface area contributed by atoms with Crippen molar-refractivity contribution in [2.45, 2.75) is 19.9 Å². The Morgan fingerprint density at radius 1 is 1.47 bits per heavy atom. The summed E-state index contributed by atoms with van der Waals surface area (Å²) in [6, 6.07) is 1.69. The Kier molecular flexibility index (Phi) is 2.55. The van der Waals surface area contributed by atoms with Crippen LogP contribution >= 0.6 is 0 Å². The van der Waals surface area contributed by atoms with Crippen molar-refractivity contribution in [1.29, 1.82) is 0 Å². The molecule has 0 bridgehead atoms. The van der Waals surface area contributed by atoms with Gasteiger partial charge in [0.1, 0.15) is 17.5 Å². The number of hydrogen-bond donors (Lipinski definition) is 3. The maximum absolute atomic E-state index is 11.5. The van der Waals surface area contributed by atoms with Crippen LogP contribution in [0.4, 0.5) is 5.82 Å². The number of imidazole rings is 1. The highest BCUT2D eigenvalue weighted by atomic mass is 16.1. The average Bonchev–Trinajstić information content (AvgIpc) is 2.99. The maximum atomic E-state index is 11.5. The molecule has 0 aliphatic carbocycles. The summed E-state index contributed by atoms with van der Waals surface area (Å²) in [6.45, 7) is 3.73. The monoisotopic (exact) mass is 259 g/mol. The molecular weight excluding hydrogens is 246 g/mol. The molecular formula is C11H13N7O. The van der Waals surface area contributed by atoms with Gasteiger partial charge in [-0.25, -0.2) is 24.3 Å². The molecule has 1 atom stereocenters. The highest BCUT2D eigenvalue weighted by molar-refractivity contribution is 5.50. The van der Waals surface area contributed by atoms with Crippen molar-refractivity contribution in [3.8, 4) is 0 Å². The highest BCUT2D eigenvalue weighted by Gasteiger charge is 2.11. The van der Waals surface area contributed by atoms with E-state index < -0.39 is 0 Å². The van der Waals surface area contributed by atoms with Gasteiger partial charge in [-0.2, -0.15) is 5.10 Å². The molecule has 0 aliphatic rings. The summed E-state index contributed by atoms with van der Waals surface area (Å²) in [5.41, 5.74) is 0.247. The van der Waals surface area contributed by atoms with E-state index in [1.165, 1.54) is 4.40 Å². The van der Waals surface area contributed by atoms with Crippen LogP contribution in [0.2, 0.25) is 0 Å². The lowest BCUT2D eigenvalue weighted by Crippen LogP contribution is -2.15. The summed E-state index contributed by atoms with van der Waals surface area (Å²) in [4.78, 5) is 23.0. The minimum Gasteiger partial charge on any atom is -0.360 e. The van der Waals surface area contributed by atoms with Gasteiger partial charge in [0.05, 0.1) is 6.04 Å². The maximum Gasteiger partial charge on any atom is 0.349 e. The number of aromatic amines is 2. The first-order valence-corrected chi connectivity index (χ1v) is 5.86. The standard InChI is InChI=1S/C11H13N7O/c1-6(10-12-3-4-13-10)14-8-5-9-16-17-11(19)18(9)7(2)15-8/h3-6,14H,1-2H3,(H,12,13)(H,17,19). The molecule has 19 heavy (non-hydrogen) atoms. The Morgan fingerprint density at radius 2 is 2.32 bits per heavy atom. The third-order valence-electron chi connectivity index (χ3n) is 2.86. The molecule has 3 heterocycles. The first-order valence-electron chi connectivity index (χ1n) is 5.86. The number of hydrogen-bond acceptors (Lipinski definition) is 5. The average molecular weight is 259 g/mol. The van der Waals surface area contributed by atoms with Crippen LogP contribution in [0.1, 0.15) is 24.6 Å². The number of aromatic nitrogens is 6. The Balaban J connectivity index is 1.95. The lowest BCUT2D eigenvalue weighted by Gasteiger charge is -2.12. The fourth-order valence-corrected chi connectivity index (χ4v) is 1.98. The van der Waals surface area contributed by atoms with Gasteiger partial charge in [0.25, 0.3) is 0 Å². The second-order valence-electron chi connectivity index (χ2n) is 4.25. The van der Waals surface area contributed by atoms with Crippen LogP contribution in [-0.4, -0.2) is 29.5 Å². The molecule has 0 saturated heterocycles. The number of aryl methyl sites for hydroxylation is 1. The number of H-pyrrole nitrogens is 2. The van der Waals surface area contributed by atoms with Crippen LogP contribution in [0, 0.1) is 6.92 Å². The molecule has 0 amide bonds. The lowest BCUT2D eigenvalue weighted by molar-refractivity contribution is 0.798. The summed E-state index contributed by atoms with van der Waals surface area (Å²) in [5.74, 6) is 2.04. The van der Waals surface area contributed by atoms with Crippen LogP contribution in [-0.2, 0) is 0 Å². The van der Waals surface area contributed by atoms with Crippen LogP contribution < -0.4 is 11.0 Å². The molecule has 98 valence electrons. The molecule has 3 rings (SSSR count). The number of nitrogens with zero attached hydrogens (tertiary/aromatic N) is 4. The molecule has 3 aromatic rings. The second kappa shape index (κ2) is 4.23. The van der Waals surface area contributed by atoms with Crippen molar-refractivity contribution in [2.75, 3.05) is 5.32 Å². The van der Waals surface area contributed by atoms with E-state index in [4.69, 9.17) is 0 Å². The van der Waals surface area contributed by atoms with Crippen molar-refractivity contribution in [1.82, 2.24) is 29.5 Å². The Hall–Kier alpha value is -2.64. The molecule has 8 nitrogen and oxygen atoms in total. The molecule has 0 aromatic carbocycles. The van der Waals surface area contributed by atoms with E-state index in [0.29, 0.717) is 17.3 Å². The Bertz CT molecular complexity index is 755. The minimum atomic E-state index is -0.286. The van der Waals surface area contributed by atoms with Gasteiger partial charge in [-0.15, -0.1) is 0 Å². The van der Waals surface area contributed by atoms with Gasteiger partial charge in [-0.3, -0.25) is 0 Å². The van der Waals surface area contributed by atoms with Gasteiger partial charge < -0.3 is 10.3 Å². The molecule has 3 aromatic heterocycles. The van der Waals surface area contributed by atoms with Crippen molar-refractivity contribution < 1.29 is 0 Å². The number of nitrogens with one attached hydrogen (secondary N) is 3. The quantitative estimate of drug-likeness (QED) is 0.639. The molecule has 0 spiro atoms. The molecule has 1 unspecified atom stereocenters. The Labute approximate surface area is 107 Å². The zero-order chi connectivity index (χ0) is 13.4. The smallest absolute Gasteiger partial charge is 0.349 e. The minimum absolute atomic E-state index is 0.0185. The van der Waals surface area contributed by atoms with Crippen LogP contribution in [0.25, 0.3) is 5.65 Å². The Morgan fingerprint density at radius 3 is 3.05 bits per heavy atom. The predicted octanol–water partition coefficient (Wildman–Crippen LogP) is 0.622. The largest absolute Gasteiger partial charge is 0.360 e. The van der Waals surface area contributed by atoms with Crippen LogP contribution in [0.5, 0.6) is 0 Å². The fourth-order valence-electron chi connectivity index (χ4n) is 1.98. The first-order chi connectivity index (χ1) is 9.15. The first kappa shape index (κ1) is 11.5. The van der Waals surface area contributed by atoms with Gasteiger partial charge in [0, 0.05) is 18.5 Å². The number of anilines is 1. The van der Waals surface area contributed by atoms with Crippen LogP contribution in [0.15, 0.2) is 23.3 Å². The van der Waals surface area contributed by atoms with Gasteiger partial charge >= 0.3 is 5.69 Å². The SMILES string of the molecule is Cc1nc(NC(C)c2ncc[nH]2)cc2n[nH]c(=O)n12. The van der Waals surface area contributed by atoms with E-state index >= 15 is 0 Å². The molecule has 0 saturated carbocycles. The summed E-state index contributed by atoms with van der Waals surface area (Å²) in [5, 5.41) is 9.54. The summed E-state index contributed by atoms with van der Waals surface area (Å²) < 4.78 is 1.42. The van der Waals surface area contributed by atoms with Crippen LogP contribution in [0.3, 0.4) is 0 Å². The second-order valence-corrected chi connectivity index (χ2v) is 4.25. The van der Waals surface area contributed by atoms with Crippen molar-refractivity contribution in [2.24, 2.45) is 0 Å². The lowest BCUT2D eigenvalue weighted by atomic mass is 10.3. The van der Waals surface area contributed by atoms with E-state index in [-0.39, 0.29) is 11.7 Å². The highest BCUT2D eigenvalue weighted by Crippen LogP contribution is 2.15. The molecule has 3 N–H and O–H groups in total. The zero-order valence-electron chi connectivity index (χ0n) is 10.5. The van der Waals surface area contributed by atoms with E-state index in [0.717, 1.165) is 5.82 Å². The third-order valence-corrected chi connectivity index (χ3v) is 2.86. The van der Waals surface area contributed by atoms with Crippen molar-refractivity contribution >= 4 is 11.5 Å². The van der Waals surface area contributed by atoms with Gasteiger partial charge in [0.15, 0.2) is 5.65 Å². The fraction of sp³-hybridized carbons (Fsp3) is 0.273. The third kappa shape index (κ3) is 1.96. The summed E-state index contributed by atoms with van der Waals surface area (Å²) in [6.07, 6.45) is 3.46. The summed E-state index contributed by atoms with van der Waals surface area (Å²) in [7, 11) is 0. The van der Waals surface area contributed by atoms with E-state index in [1.54, 1.807) is 25.4 Å². The van der Waals surface area contributed by atoms with Gasteiger partial charge in [-0.1, -0.05) is 0 Å². The zero-order valence-corrected chi connectivity index (χ0v) is 10.5. The predicted molar refractivity (Wildman–Crippen MR) is 69.0 cm³/mol. The van der Waals surface area contributed by atoms with E-state index in [1.807, 2.05) is 6.92 Å². The summed E-state index contributed by atoms with van der Waals surface area (Å²) >= 11 is 0. The van der Waals surface area contributed by atoms with E-state index in [2.05, 4.69) is 30.5 Å². The van der Waals surface area contributed by atoms with E-state index in [9.17, 15) is 4.79 Å². The topological polar surface area (TPSA) is 104 Å². The number of fused-ring (bicyclic) bond motifs is 1. The molecule has 0 radical (unpaired) electrons. The van der Waals surface area contributed by atoms with Crippen molar-refractivity contribution in [3.05, 3.63) is 40.6 Å². The normalized spacial score (nSPS) is 12.7. The van der Waals surface area contributed by atoms with Crippen molar-refractivity contribution in [3.63, 3.8) is 0 Å². The number of rotatable bonds is 3. The molecule has 0 fully saturated rings. The molecule has 0 aliphatic heterocycles.